The normalized spacial score (nSPS) is 13.7. The Labute approximate surface area is 184 Å². The summed E-state index contributed by atoms with van der Waals surface area (Å²) in [4.78, 5) is 22.6. The fraction of sp³-hybridized carbons (Fsp3) is 0.318. The molecule has 0 radical (unpaired) electrons. The van der Waals surface area contributed by atoms with Gasteiger partial charge in [0.05, 0.1) is 10.6 Å². The third-order valence-electron chi connectivity index (χ3n) is 5.30. The molecule has 1 saturated carbocycles. The number of pyridine rings is 1. The van der Waals surface area contributed by atoms with Gasteiger partial charge in [0.25, 0.3) is 5.91 Å². The summed E-state index contributed by atoms with van der Waals surface area (Å²) < 4.78 is 3.96. The Morgan fingerprint density at radius 3 is 2.87 bits per heavy atom. The van der Waals surface area contributed by atoms with Crippen LogP contribution in [0.5, 0.6) is 0 Å². The summed E-state index contributed by atoms with van der Waals surface area (Å²) in [5, 5.41) is 12.1. The molecule has 8 nitrogen and oxygen atoms in total. The van der Waals surface area contributed by atoms with Gasteiger partial charge in [0, 0.05) is 18.2 Å². The predicted molar refractivity (Wildman–Crippen MR) is 120 cm³/mol. The van der Waals surface area contributed by atoms with Gasteiger partial charge in [0.15, 0.2) is 5.82 Å². The Morgan fingerprint density at radius 2 is 2.10 bits per heavy atom. The molecule has 4 aromatic heterocycles. The highest BCUT2D eigenvalue weighted by Crippen LogP contribution is 2.39. The number of hydrogen-bond acceptors (Lipinski definition) is 6. The molecule has 1 fully saturated rings. The van der Waals surface area contributed by atoms with E-state index in [0.717, 1.165) is 16.3 Å². The van der Waals surface area contributed by atoms with Crippen molar-refractivity contribution in [2.24, 2.45) is 0 Å². The van der Waals surface area contributed by atoms with Gasteiger partial charge in [-0.3, -0.25) is 9.36 Å². The third kappa shape index (κ3) is 3.88. The van der Waals surface area contributed by atoms with E-state index in [0.29, 0.717) is 28.1 Å². The van der Waals surface area contributed by atoms with Crippen LogP contribution in [0.2, 0.25) is 0 Å². The smallest absolute Gasteiger partial charge is 0.266 e. The lowest BCUT2D eigenvalue weighted by molar-refractivity contribution is 0.103. The standard InChI is InChI=1S/C22H23N7OS/c1-13(2)29-12-24-27-20(29)16-5-4-6-19(25-16)26-21(30)18-9-14(3)22(31-18)28-10-17(23-11-28)15-7-8-15/h4-6,9-13,15H,7-8H2,1-3H3,(H,25,26,30). The number of carbonyl (C=O) groups is 1. The summed E-state index contributed by atoms with van der Waals surface area (Å²) >= 11 is 1.45. The fourth-order valence-corrected chi connectivity index (χ4v) is 4.50. The summed E-state index contributed by atoms with van der Waals surface area (Å²) in [7, 11) is 0. The Bertz CT molecular complexity index is 1250. The minimum absolute atomic E-state index is 0.183. The van der Waals surface area contributed by atoms with Gasteiger partial charge in [-0.1, -0.05) is 6.07 Å². The SMILES string of the molecule is Cc1cc(C(=O)Nc2cccc(-c3nncn3C(C)C)n2)sc1-n1cnc(C2CC2)c1. The topological polar surface area (TPSA) is 90.5 Å². The van der Waals surface area contributed by atoms with E-state index in [1.807, 2.05) is 40.6 Å². The fourth-order valence-electron chi connectivity index (χ4n) is 3.49. The molecule has 0 bridgehead atoms. The molecule has 0 saturated heterocycles. The van der Waals surface area contributed by atoms with Gasteiger partial charge in [-0.15, -0.1) is 21.5 Å². The van der Waals surface area contributed by atoms with Gasteiger partial charge in [-0.05, 0) is 57.4 Å². The van der Waals surface area contributed by atoms with E-state index in [1.54, 1.807) is 12.4 Å². The van der Waals surface area contributed by atoms with Crippen molar-refractivity contribution >= 4 is 23.1 Å². The van der Waals surface area contributed by atoms with Gasteiger partial charge in [-0.25, -0.2) is 9.97 Å². The van der Waals surface area contributed by atoms with Gasteiger partial charge in [-0.2, -0.15) is 0 Å². The Balaban J connectivity index is 1.36. The predicted octanol–water partition coefficient (Wildman–Crippen LogP) is 4.61. The lowest BCUT2D eigenvalue weighted by Crippen LogP contribution is -2.12. The molecule has 1 amide bonds. The summed E-state index contributed by atoms with van der Waals surface area (Å²) in [6.45, 7) is 6.13. The third-order valence-corrected chi connectivity index (χ3v) is 6.55. The van der Waals surface area contributed by atoms with E-state index >= 15 is 0 Å². The molecule has 0 aliphatic heterocycles. The van der Waals surface area contributed by atoms with Crippen LogP contribution in [0.15, 0.2) is 43.1 Å². The van der Waals surface area contributed by atoms with Crippen LogP contribution in [0.25, 0.3) is 16.5 Å². The average Bonchev–Trinajstić information content (AvgIpc) is 3.16. The zero-order valence-electron chi connectivity index (χ0n) is 17.6. The van der Waals surface area contributed by atoms with Crippen molar-refractivity contribution < 1.29 is 4.79 Å². The van der Waals surface area contributed by atoms with Crippen molar-refractivity contribution in [3.05, 3.63) is 59.3 Å². The van der Waals surface area contributed by atoms with Crippen LogP contribution in [-0.2, 0) is 0 Å². The first-order valence-corrected chi connectivity index (χ1v) is 11.1. The molecule has 4 aromatic rings. The molecule has 0 aromatic carbocycles. The molecular weight excluding hydrogens is 410 g/mol. The second kappa shape index (κ2) is 7.73. The van der Waals surface area contributed by atoms with Crippen LogP contribution in [0.3, 0.4) is 0 Å². The van der Waals surface area contributed by atoms with Crippen molar-refractivity contribution in [1.82, 2.24) is 29.3 Å². The van der Waals surface area contributed by atoms with E-state index in [1.165, 1.54) is 24.2 Å². The molecule has 0 spiro atoms. The molecule has 1 N–H and O–H groups in total. The van der Waals surface area contributed by atoms with Crippen molar-refractivity contribution in [1.29, 1.82) is 0 Å². The van der Waals surface area contributed by atoms with E-state index in [-0.39, 0.29) is 11.9 Å². The lowest BCUT2D eigenvalue weighted by atomic mass is 10.3. The van der Waals surface area contributed by atoms with E-state index in [9.17, 15) is 4.79 Å². The van der Waals surface area contributed by atoms with Crippen LogP contribution < -0.4 is 5.32 Å². The van der Waals surface area contributed by atoms with E-state index < -0.39 is 0 Å². The Kier molecular flexibility index (Phi) is 4.90. The maximum atomic E-state index is 12.9. The second-order valence-electron chi connectivity index (χ2n) is 8.10. The van der Waals surface area contributed by atoms with Crippen LogP contribution in [0.1, 0.15) is 59.6 Å². The highest BCUT2D eigenvalue weighted by molar-refractivity contribution is 7.16. The van der Waals surface area contributed by atoms with E-state index in [4.69, 9.17) is 0 Å². The molecule has 9 heteroatoms. The Morgan fingerprint density at radius 1 is 1.26 bits per heavy atom. The largest absolute Gasteiger partial charge is 0.310 e. The van der Waals surface area contributed by atoms with Gasteiger partial charge < -0.3 is 9.88 Å². The Hall–Kier alpha value is -3.33. The molecule has 4 heterocycles. The number of anilines is 1. The number of nitrogens with zero attached hydrogens (tertiary/aromatic N) is 6. The van der Waals surface area contributed by atoms with Gasteiger partial charge >= 0.3 is 0 Å². The maximum Gasteiger partial charge on any atom is 0.266 e. The number of nitrogens with one attached hydrogen (secondary N) is 1. The highest BCUT2D eigenvalue weighted by Gasteiger charge is 2.26. The average molecular weight is 434 g/mol. The molecule has 1 aliphatic carbocycles. The van der Waals surface area contributed by atoms with Crippen molar-refractivity contribution in [2.45, 2.75) is 45.6 Å². The number of hydrogen-bond donors (Lipinski definition) is 1. The summed E-state index contributed by atoms with van der Waals surface area (Å²) in [5.41, 5.74) is 2.84. The van der Waals surface area contributed by atoms with Crippen LogP contribution in [0.4, 0.5) is 5.82 Å². The minimum Gasteiger partial charge on any atom is -0.310 e. The van der Waals surface area contributed by atoms with Crippen molar-refractivity contribution in [2.75, 3.05) is 5.32 Å². The van der Waals surface area contributed by atoms with Crippen LogP contribution in [-0.4, -0.2) is 35.2 Å². The first-order chi connectivity index (χ1) is 15.0. The number of thiophene rings is 1. The van der Waals surface area contributed by atoms with Crippen molar-refractivity contribution in [3.8, 4) is 16.5 Å². The van der Waals surface area contributed by atoms with Gasteiger partial charge in [0.1, 0.15) is 29.2 Å². The minimum atomic E-state index is -0.183. The first kappa shape index (κ1) is 19.6. The number of rotatable bonds is 6. The van der Waals surface area contributed by atoms with Gasteiger partial charge in [0.2, 0.25) is 0 Å². The molecule has 5 rings (SSSR count). The first-order valence-electron chi connectivity index (χ1n) is 10.3. The molecule has 31 heavy (non-hydrogen) atoms. The van der Waals surface area contributed by atoms with Crippen LogP contribution in [0, 0.1) is 6.92 Å². The number of imidazole rings is 1. The zero-order chi connectivity index (χ0) is 21.5. The summed E-state index contributed by atoms with van der Waals surface area (Å²) in [6, 6.07) is 7.61. The molecule has 0 unspecified atom stereocenters. The second-order valence-corrected chi connectivity index (χ2v) is 9.13. The number of aryl methyl sites for hydroxylation is 1. The quantitative estimate of drug-likeness (QED) is 0.480. The highest BCUT2D eigenvalue weighted by atomic mass is 32.1. The molecule has 158 valence electrons. The summed E-state index contributed by atoms with van der Waals surface area (Å²) in [6.07, 6.45) is 8.03. The van der Waals surface area contributed by atoms with E-state index in [2.05, 4.69) is 45.5 Å². The van der Waals surface area contributed by atoms with Crippen LogP contribution >= 0.6 is 11.3 Å². The molecular formula is C22H23N7OS. The molecule has 1 aliphatic rings. The lowest BCUT2D eigenvalue weighted by Gasteiger charge is -2.10. The monoisotopic (exact) mass is 433 g/mol. The molecule has 0 atom stereocenters. The number of aromatic nitrogens is 6. The summed E-state index contributed by atoms with van der Waals surface area (Å²) in [5.74, 6) is 1.57. The zero-order valence-corrected chi connectivity index (χ0v) is 18.4. The maximum absolute atomic E-state index is 12.9. The van der Waals surface area contributed by atoms with Crippen molar-refractivity contribution in [3.63, 3.8) is 0 Å². The number of carbonyl (C=O) groups excluding carboxylic acids is 1. The number of amides is 1.